The van der Waals surface area contributed by atoms with Gasteiger partial charge in [-0.2, -0.15) is 13.2 Å². The number of nitrogens with one attached hydrogen (secondary N) is 1. The van der Waals surface area contributed by atoms with Gasteiger partial charge in [0.2, 0.25) is 11.7 Å². The Labute approximate surface area is 230 Å². The van der Waals surface area contributed by atoms with Gasteiger partial charge < -0.3 is 24.3 Å². The third kappa shape index (κ3) is 8.83. The van der Waals surface area contributed by atoms with Crippen LogP contribution in [-0.2, 0) is 40.0 Å². The minimum Gasteiger partial charge on any atom is -0.379 e. The Bertz CT molecular complexity index is 1280. The van der Waals surface area contributed by atoms with Gasteiger partial charge in [0.15, 0.2) is 17.3 Å². The van der Waals surface area contributed by atoms with Crippen LogP contribution >= 0.6 is 0 Å². The zero-order valence-corrected chi connectivity index (χ0v) is 21.6. The van der Waals surface area contributed by atoms with Crippen LogP contribution in [0.25, 0.3) is 10.4 Å². The average molecular weight is 591 g/mol. The highest BCUT2D eigenvalue weighted by Gasteiger charge is 2.41. The molecule has 1 aliphatic rings. The molecule has 1 aliphatic heterocycles. The molecule has 0 fully saturated rings. The van der Waals surface area contributed by atoms with Crippen LogP contribution < -0.4 is 5.32 Å². The molecule has 41 heavy (non-hydrogen) atoms. The molecule has 0 spiro atoms. The Morgan fingerprint density at radius 3 is 2.49 bits per heavy atom. The van der Waals surface area contributed by atoms with E-state index >= 15 is 0 Å². The zero-order valence-electron chi connectivity index (χ0n) is 21.6. The molecular weight excluding hydrogens is 564 g/mol. The van der Waals surface area contributed by atoms with E-state index in [0.717, 1.165) is 4.57 Å². The molecule has 17 heteroatoms. The third-order valence-corrected chi connectivity index (χ3v) is 5.90. The fraction of sp³-hybridized carbons (Fsp3) is 0.500. The number of fused-ring (bicyclic) bond motifs is 1. The van der Waals surface area contributed by atoms with Crippen molar-refractivity contribution in [2.75, 3.05) is 46.1 Å². The standard InChI is InChI=1S/C24H26F6N7O4/c25-16-13-18(27)17(26)12-15(16)2-1-3-20(38)36-6-7-37-19(14-36)21(34-23(37)24(28,29)30)22(39)32-4-8-40-10-11-41-9-5-33-35-31/h1,12-13H,2-11,14H2,(H,32,39). The molecule has 1 aromatic carbocycles. The highest BCUT2D eigenvalue weighted by atomic mass is 19.4. The molecule has 0 saturated carbocycles. The second-order valence-electron chi connectivity index (χ2n) is 8.69. The number of nitrogens with zero attached hydrogens (tertiary/aromatic N) is 6. The van der Waals surface area contributed by atoms with Crippen molar-refractivity contribution in [3.63, 3.8) is 0 Å². The smallest absolute Gasteiger partial charge is 0.379 e. The predicted octanol–water partition coefficient (Wildman–Crippen LogP) is 3.57. The van der Waals surface area contributed by atoms with Crippen molar-refractivity contribution < 1.29 is 45.4 Å². The fourth-order valence-corrected chi connectivity index (χ4v) is 3.97. The summed E-state index contributed by atoms with van der Waals surface area (Å²) >= 11 is 0. The number of benzene rings is 1. The van der Waals surface area contributed by atoms with Crippen molar-refractivity contribution in [3.8, 4) is 0 Å². The summed E-state index contributed by atoms with van der Waals surface area (Å²) in [4.78, 5) is 32.8. The van der Waals surface area contributed by atoms with E-state index in [4.69, 9.17) is 15.0 Å². The van der Waals surface area contributed by atoms with Crippen LogP contribution in [0.4, 0.5) is 26.3 Å². The molecule has 0 bridgehead atoms. The van der Waals surface area contributed by atoms with Gasteiger partial charge in [-0.15, -0.1) is 0 Å². The van der Waals surface area contributed by atoms with Gasteiger partial charge in [-0.1, -0.05) is 5.11 Å². The molecule has 1 aromatic heterocycles. The van der Waals surface area contributed by atoms with Crippen LogP contribution in [0.1, 0.15) is 34.0 Å². The van der Waals surface area contributed by atoms with Crippen LogP contribution in [0.5, 0.6) is 0 Å². The summed E-state index contributed by atoms with van der Waals surface area (Å²) < 4.78 is 92.4. The molecule has 0 aliphatic carbocycles. The molecule has 223 valence electrons. The number of hydrogen-bond acceptors (Lipinski definition) is 6. The number of hydrogen-bond donors (Lipinski definition) is 1. The van der Waals surface area contributed by atoms with Crippen molar-refractivity contribution >= 4 is 11.8 Å². The fourth-order valence-electron chi connectivity index (χ4n) is 3.97. The van der Waals surface area contributed by atoms with Crippen LogP contribution in [0.2, 0.25) is 0 Å². The molecule has 2 aromatic rings. The van der Waals surface area contributed by atoms with Gasteiger partial charge in [0.1, 0.15) is 5.82 Å². The van der Waals surface area contributed by atoms with Gasteiger partial charge in [0.05, 0.1) is 38.7 Å². The number of aromatic nitrogens is 2. The number of ether oxygens (including phenoxy) is 2. The molecule has 3 rings (SSSR count). The first kappa shape index (κ1) is 31.7. The minimum atomic E-state index is -4.84. The summed E-state index contributed by atoms with van der Waals surface area (Å²) in [5, 5.41) is 5.73. The predicted molar refractivity (Wildman–Crippen MR) is 130 cm³/mol. The maximum atomic E-state index is 13.8. The molecule has 2 heterocycles. The van der Waals surface area contributed by atoms with E-state index in [9.17, 15) is 35.9 Å². The number of imidazole rings is 1. The second-order valence-corrected chi connectivity index (χ2v) is 8.69. The van der Waals surface area contributed by atoms with Crippen LogP contribution in [0, 0.1) is 23.9 Å². The summed E-state index contributed by atoms with van der Waals surface area (Å²) in [6.07, 6.45) is -3.95. The zero-order chi connectivity index (χ0) is 30.0. The molecule has 0 atom stereocenters. The number of carbonyl (C=O) groups is 2. The first-order valence-corrected chi connectivity index (χ1v) is 12.4. The second kappa shape index (κ2) is 14.7. The van der Waals surface area contributed by atoms with Gasteiger partial charge in [0.25, 0.3) is 5.91 Å². The number of rotatable bonds is 14. The van der Waals surface area contributed by atoms with E-state index in [1.807, 2.05) is 0 Å². The van der Waals surface area contributed by atoms with Crippen LogP contribution in [-0.4, -0.2) is 72.3 Å². The van der Waals surface area contributed by atoms with E-state index in [1.54, 1.807) is 0 Å². The van der Waals surface area contributed by atoms with E-state index in [0.29, 0.717) is 12.1 Å². The molecular formula is C24H26F6N7O4. The van der Waals surface area contributed by atoms with Crippen LogP contribution in [0.3, 0.4) is 0 Å². The lowest BCUT2D eigenvalue weighted by atomic mass is 10.1. The van der Waals surface area contributed by atoms with E-state index in [1.165, 1.54) is 11.3 Å². The minimum absolute atomic E-state index is 0.0343. The number of halogens is 6. The summed E-state index contributed by atoms with van der Waals surface area (Å²) in [5.74, 6) is -6.23. The number of alkyl halides is 3. The normalized spacial score (nSPS) is 13.1. The topological polar surface area (TPSA) is 134 Å². The number of amides is 2. The SMILES string of the molecule is [N-]=[N+]=NCCOCCOCCNC(=O)c1nc(C(F)(F)F)n2c1CN(C(=O)C[CH]Cc1cc(F)c(F)cc1F)CC2. The van der Waals surface area contributed by atoms with E-state index in [-0.39, 0.29) is 83.3 Å². The van der Waals surface area contributed by atoms with Crippen molar-refractivity contribution in [2.24, 2.45) is 5.11 Å². The van der Waals surface area contributed by atoms with E-state index < -0.39 is 47.0 Å². The lowest BCUT2D eigenvalue weighted by Crippen LogP contribution is -2.40. The van der Waals surface area contributed by atoms with Crippen molar-refractivity contribution in [1.29, 1.82) is 0 Å². The van der Waals surface area contributed by atoms with E-state index in [2.05, 4.69) is 20.3 Å². The number of azide groups is 1. The summed E-state index contributed by atoms with van der Waals surface area (Å²) in [6, 6.07) is 1.08. The summed E-state index contributed by atoms with van der Waals surface area (Å²) in [6.45, 7) is 0.0465. The Balaban J connectivity index is 1.56. The molecule has 11 nitrogen and oxygen atoms in total. The monoisotopic (exact) mass is 590 g/mol. The molecule has 0 saturated heterocycles. The quantitative estimate of drug-likeness (QED) is 0.0897. The maximum Gasteiger partial charge on any atom is 0.449 e. The maximum absolute atomic E-state index is 13.8. The third-order valence-electron chi connectivity index (χ3n) is 5.90. The first-order valence-electron chi connectivity index (χ1n) is 12.4. The average Bonchev–Trinajstić information content (AvgIpc) is 3.32. The van der Waals surface area contributed by atoms with Gasteiger partial charge >= 0.3 is 6.18 Å². The van der Waals surface area contributed by atoms with Gasteiger partial charge in [0, 0.05) is 43.6 Å². The van der Waals surface area contributed by atoms with Gasteiger partial charge in [-0.3, -0.25) is 9.59 Å². The Morgan fingerprint density at radius 1 is 1.07 bits per heavy atom. The Morgan fingerprint density at radius 2 is 1.78 bits per heavy atom. The van der Waals surface area contributed by atoms with Crippen LogP contribution in [0.15, 0.2) is 17.2 Å². The first-order chi connectivity index (χ1) is 19.5. The lowest BCUT2D eigenvalue weighted by molar-refractivity contribution is -0.148. The number of carbonyl (C=O) groups excluding carboxylic acids is 2. The Kier molecular flexibility index (Phi) is 11.4. The van der Waals surface area contributed by atoms with Crippen molar-refractivity contribution in [2.45, 2.75) is 32.1 Å². The molecule has 1 N–H and O–H groups in total. The summed E-state index contributed by atoms with van der Waals surface area (Å²) in [5.41, 5.74) is 7.41. The molecule has 2 amide bonds. The molecule has 0 unspecified atom stereocenters. The van der Waals surface area contributed by atoms with Crippen molar-refractivity contribution in [1.82, 2.24) is 19.8 Å². The largest absolute Gasteiger partial charge is 0.449 e. The van der Waals surface area contributed by atoms with Crippen molar-refractivity contribution in [3.05, 3.63) is 69.2 Å². The summed E-state index contributed by atoms with van der Waals surface area (Å²) in [7, 11) is 0. The van der Waals surface area contributed by atoms with Gasteiger partial charge in [-0.05, 0) is 30.0 Å². The lowest BCUT2D eigenvalue weighted by Gasteiger charge is -2.29. The van der Waals surface area contributed by atoms with Gasteiger partial charge in [-0.25, -0.2) is 18.2 Å². The highest BCUT2D eigenvalue weighted by Crippen LogP contribution is 2.32. The highest BCUT2D eigenvalue weighted by molar-refractivity contribution is 5.93. The Hall–Kier alpha value is -3.82. The molecule has 1 radical (unpaired) electrons.